The zero-order chi connectivity index (χ0) is 33.4. The Hall–Kier alpha value is -5.79. The van der Waals surface area contributed by atoms with Crippen LogP contribution < -0.4 is 11.5 Å². The quantitative estimate of drug-likeness (QED) is 0.156. The van der Waals surface area contributed by atoms with Crippen LogP contribution in [0, 0.1) is 0 Å². The van der Waals surface area contributed by atoms with Gasteiger partial charge in [0.1, 0.15) is 19.4 Å². The topological polar surface area (TPSA) is 169 Å². The number of thiophene rings is 2. The van der Waals surface area contributed by atoms with Crippen molar-refractivity contribution >= 4 is 66.4 Å². The summed E-state index contributed by atoms with van der Waals surface area (Å²) in [5.74, 6) is -0.988. The third kappa shape index (κ3) is 5.48. The number of rotatable bonds is 8. The van der Waals surface area contributed by atoms with E-state index in [1.807, 2.05) is 42.5 Å². The molecule has 0 unspecified atom stereocenters. The molecular formula is C35H27N7O4S2. The Labute approximate surface area is 282 Å². The van der Waals surface area contributed by atoms with E-state index in [0.717, 1.165) is 22.3 Å². The van der Waals surface area contributed by atoms with Gasteiger partial charge in [0.05, 0.1) is 36.0 Å². The predicted molar refractivity (Wildman–Crippen MR) is 189 cm³/mol. The first-order valence-corrected chi connectivity index (χ1v) is 16.6. The number of nitrogens with two attached hydrogens (primary N) is 2. The zero-order valence-corrected chi connectivity index (χ0v) is 27.4. The highest BCUT2D eigenvalue weighted by molar-refractivity contribution is 7.21. The van der Waals surface area contributed by atoms with E-state index in [9.17, 15) is 9.59 Å². The fourth-order valence-electron chi connectivity index (χ4n) is 5.45. The van der Waals surface area contributed by atoms with Gasteiger partial charge in [0.2, 0.25) is 0 Å². The van der Waals surface area contributed by atoms with E-state index in [2.05, 4.69) is 15.0 Å². The minimum Gasteiger partial charge on any atom is -0.462 e. The summed E-state index contributed by atoms with van der Waals surface area (Å²) >= 11 is 2.37. The number of fused-ring (bicyclic) bond motifs is 2. The van der Waals surface area contributed by atoms with Crippen LogP contribution in [-0.2, 0) is 9.47 Å². The van der Waals surface area contributed by atoms with Gasteiger partial charge in [0.25, 0.3) is 0 Å². The standard InChI is InChI=1S/C35H27N7O4S2/c1-3-45-34(43)30-28(36)26-22(18-7-5-9-38-14-18)12-24(41-32(26)47-30)20-11-21(17-40-16-20)25-13-23(19-8-6-10-39-15-19)27-29(37)31(35(44)46-4-2)48-33(27)42-25/h5-17H,3-4,36-37H2,1-2H3. The Balaban J connectivity index is 1.40. The lowest BCUT2D eigenvalue weighted by Crippen LogP contribution is -2.04. The average Bonchev–Trinajstić information content (AvgIpc) is 3.64. The Bertz CT molecular complexity index is 2180. The molecule has 0 spiro atoms. The predicted octanol–water partition coefficient (Wildman–Crippen LogP) is 7.28. The van der Waals surface area contributed by atoms with Gasteiger partial charge in [-0.1, -0.05) is 12.1 Å². The number of esters is 2. The van der Waals surface area contributed by atoms with E-state index in [0.29, 0.717) is 64.1 Å². The Kier molecular flexibility index (Phi) is 8.21. The fraction of sp³-hybridized carbons (Fsp3) is 0.114. The third-order valence-electron chi connectivity index (χ3n) is 7.59. The number of nitrogen functional groups attached to an aromatic ring is 2. The van der Waals surface area contributed by atoms with Crippen LogP contribution in [-0.4, -0.2) is 50.1 Å². The molecule has 0 atom stereocenters. The Morgan fingerprint density at radius 1 is 0.646 bits per heavy atom. The maximum Gasteiger partial charge on any atom is 0.350 e. The molecule has 0 fully saturated rings. The van der Waals surface area contributed by atoms with Gasteiger partial charge >= 0.3 is 11.9 Å². The average molecular weight is 674 g/mol. The summed E-state index contributed by atoms with van der Waals surface area (Å²) in [5.41, 5.74) is 19.6. The number of carbonyl (C=O) groups is 2. The zero-order valence-electron chi connectivity index (χ0n) is 25.8. The largest absolute Gasteiger partial charge is 0.462 e. The maximum atomic E-state index is 12.8. The van der Waals surface area contributed by atoms with Crippen molar-refractivity contribution < 1.29 is 19.1 Å². The minimum absolute atomic E-state index is 0.226. The number of aromatic nitrogens is 5. The second-order valence-electron chi connectivity index (χ2n) is 10.5. The van der Waals surface area contributed by atoms with Crippen molar-refractivity contribution in [3.8, 4) is 44.8 Å². The van der Waals surface area contributed by atoms with E-state index in [1.165, 1.54) is 22.7 Å². The summed E-state index contributed by atoms with van der Waals surface area (Å²) in [4.78, 5) is 50.3. The van der Waals surface area contributed by atoms with E-state index in [-0.39, 0.29) is 13.2 Å². The van der Waals surface area contributed by atoms with Gasteiger partial charge in [0.15, 0.2) is 0 Å². The number of hydrogen-bond acceptors (Lipinski definition) is 13. The van der Waals surface area contributed by atoms with Gasteiger partial charge in [-0.25, -0.2) is 19.6 Å². The Morgan fingerprint density at radius 3 is 1.48 bits per heavy atom. The number of hydrogen-bond donors (Lipinski definition) is 2. The van der Waals surface area contributed by atoms with Gasteiger partial charge in [0, 0.05) is 70.2 Å². The first-order chi connectivity index (χ1) is 23.4. The van der Waals surface area contributed by atoms with Crippen molar-refractivity contribution in [1.29, 1.82) is 0 Å². The number of pyridine rings is 5. The summed E-state index contributed by atoms with van der Waals surface area (Å²) in [6.07, 6.45) is 10.3. The third-order valence-corrected chi connectivity index (χ3v) is 9.75. The van der Waals surface area contributed by atoms with Crippen LogP contribution >= 0.6 is 22.7 Å². The maximum absolute atomic E-state index is 12.8. The van der Waals surface area contributed by atoms with Crippen LogP contribution in [0.15, 0.2) is 79.6 Å². The smallest absolute Gasteiger partial charge is 0.350 e. The van der Waals surface area contributed by atoms with Crippen LogP contribution in [0.4, 0.5) is 11.4 Å². The van der Waals surface area contributed by atoms with Crippen LogP contribution in [0.25, 0.3) is 65.2 Å². The van der Waals surface area contributed by atoms with Gasteiger partial charge in [-0.2, -0.15) is 0 Å². The molecule has 48 heavy (non-hydrogen) atoms. The summed E-state index contributed by atoms with van der Waals surface area (Å²) in [5, 5.41) is 1.31. The summed E-state index contributed by atoms with van der Waals surface area (Å²) in [6, 6.07) is 13.3. The van der Waals surface area contributed by atoms with Crippen molar-refractivity contribution in [2.24, 2.45) is 0 Å². The molecule has 13 heteroatoms. The molecule has 0 saturated heterocycles. The van der Waals surface area contributed by atoms with Crippen LogP contribution in [0.3, 0.4) is 0 Å². The van der Waals surface area contributed by atoms with Crippen LogP contribution in [0.5, 0.6) is 0 Å². The van der Waals surface area contributed by atoms with Gasteiger partial charge in [-0.3, -0.25) is 15.0 Å². The van der Waals surface area contributed by atoms with E-state index in [1.54, 1.807) is 51.0 Å². The molecule has 7 aromatic heterocycles. The molecule has 7 rings (SSSR count). The molecule has 238 valence electrons. The molecule has 4 N–H and O–H groups in total. The molecular weight excluding hydrogens is 647 g/mol. The molecule has 7 heterocycles. The fourth-order valence-corrected chi connectivity index (χ4v) is 7.48. The molecule has 0 amide bonds. The normalized spacial score (nSPS) is 11.2. The molecule has 0 aromatic carbocycles. The number of anilines is 2. The lowest BCUT2D eigenvalue weighted by Gasteiger charge is -2.11. The summed E-state index contributed by atoms with van der Waals surface area (Å²) < 4.78 is 10.5. The molecule has 0 radical (unpaired) electrons. The summed E-state index contributed by atoms with van der Waals surface area (Å²) in [7, 11) is 0. The number of ether oxygens (including phenoxy) is 2. The SMILES string of the molecule is CCOC(=O)c1sc2nc(-c3cncc(-c4cc(-c5cccnc5)c5c(N)c(C(=O)OCC)sc5n4)c3)cc(-c3cccnc3)c2c1N. The minimum atomic E-state index is -0.494. The van der Waals surface area contributed by atoms with E-state index in [4.69, 9.17) is 30.9 Å². The first-order valence-electron chi connectivity index (χ1n) is 14.9. The van der Waals surface area contributed by atoms with Crippen molar-refractivity contribution in [2.45, 2.75) is 13.8 Å². The van der Waals surface area contributed by atoms with Gasteiger partial charge in [-0.05, 0) is 55.3 Å². The number of carbonyl (C=O) groups excluding carboxylic acids is 2. The monoisotopic (exact) mass is 673 g/mol. The van der Waals surface area contributed by atoms with Gasteiger partial charge in [-0.15, -0.1) is 22.7 Å². The van der Waals surface area contributed by atoms with Crippen molar-refractivity contribution in [2.75, 3.05) is 24.7 Å². The Morgan fingerprint density at radius 2 is 1.08 bits per heavy atom. The molecule has 0 bridgehead atoms. The van der Waals surface area contributed by atoms with E-state index < -0.39 is 11.9 Å². The second-order valence-corrected chi connectivity index (χ2v) is 12.5. The molecule has 0 saturated carbocycles. The lowest BCUT2D eigenvalue weighted by molar-refractivity contribution is 0.0523. The molecule has 7 aromatic rings. The highest BCUT2D eigenvalue weighted by Gasteiger charge is 2.24. The molecule has 11 nitrogen and oxygen atoms in total. The molecule has 0 aliphatic heterocycles. The molecule has 0 aliphatic carbocycles. The molecule has 0 aliphatic rings. The highest BCUT2D eigenvalue weighted by atomic mass is 32.1. The van der Waals surface area contributed by atoms with Crippen molar-refractivity contribution in [1.82, 2.24) is 24.9 Å². The van der Waals surface area contributed by atoms with Crippen LogP contribution in [0.1, 0.15) is 33.2 Å². The first kappa shape index (κ1) is 30.8. The van der Waals surface area contributed by atoms with Crippen molar-refractivity contribution in [3.05, 3.63) is 89.4 Å². The lowest BCUT2D eigenvalue weighted by atomic mass is 9.99. The van der Waals surface area contributed by atoms with Crippen LogP contribution in [0.2, 0.25) is 0 Å². The number of nitrogens with zero attached hydrogens (tertiary/aromatic N) is 5. The highest BCUT2D eigenvalue weighted by Crippen LogP contribution is 2.43. The van der Waals surface area contributed by atoms with Crippen molar-refractivity contribution in [3.63, 3.8) is 0 Å². The summed E-state index contributed by atoms with van der Waals surface area (Å²) in [6.45, 7) is 3.95. The van der Waals surface area contributed by atoms with E-state index >= 15 is 0 Å². The van der Waals surface area contributed by atoms with Gasteiger partial charge < -0.3 is 20.9 Å². The second kappa shape index (κ2) is 12.8.